The maximum atomic E-state index is 13.5. The largest absolute Gasteiger partial charge is 0.871 e. The number of allylic oxidation sites excluding steroid dienone is 4. The van der Waals surface area contributed by atoms with E-state index in [9.17, 15) is 9.90 Å². The number of ketones is 1. The number of hydrogen-bond acceptors (Lipinski definition) is 5. The fraction of sp³-hybridized carbons (Fsp3) is 0.480. The van der Waals surface area contributed by atoms with Gasteiger partial charge in [-0.1, -0.05) is 165 Å². The summed E-state index contributed by atoms with van der Waals surface area (Å²) in [5.41, 5.74) is 5.26. The van der Waals surface area contributed by atoms with E-state index in [0.29, 0.717) is 11.4 Å². The molecule has 2 heterocycles. The minimum absolute atomic E-state index is 0.144. The van der Waals surface area contributed by atoms with Crippen molar-refractivity contribution in [2.24, 2.45) is 4.99 Å². The Hall–Kier alpha value is -4.58. The molecule has 5 rings (SSSR count). The van der Waals surface area contributed by atoms with E-state index >= 15 is 0 Å². The Bertz CT molecular complexity index is 1770. The summed E-state index contributed by atoms with van der Waals surface area (Å²) in [6.45, 7) is 6.31. The predicted octanol–water partition coefficient (Wildman–Crippen LogP) is 12.4. The standard InChI is InChI=1S/C50H66N4O2/c1-3-5-7-9-11-13-15-17-19-27-37-53(41-29-23-21-24-30-41)43-33-35-45(51-39-43)47-49(55)48(50(47)56)46-36-34-44(40-52-46)54(42-31-25-22-26-32-42)38-28-20-18-16-14-12-10-8-6-4-2/h21-26,29-36,39-40H,3-20,27-28,37-38H2,1-2H3. The van der Waals surface area contributed by atoms with Crippen LogP contribution in [0.3, 0.4) is 0 Å². The first-order chi connectivity index (χ1) is 27.6. The summed E-state index contributed by atoms with van der Waals surface area (Å²) in [6.07, 6.45) is 33.3. The molecule has 0 saturated heterocycles. The molecule has 2 aliphatic rings. The number of carbonyl (C=O) groups is 1. The number of unbranched alkanes of at least 4 members (excludes halogenated alkanes) is 18. The van der Waals surface area contributed by atoms with Gasteiger partial charge in [0.2, 0.25) is 11.4 Å². The highest BCUT2D eigenvalue weighted by molar-refractivity contribution is 6.39. The van der Waals surface area contributed by atoms with Crippen molar-refractivity contribution in [2.45, 2.75) is 142 Å². The maximum absolute atomic E-state index is 13.5. The highest BCUT2D eigenvalue weighted by Crippen LogP contribution is 2.37. The van der Waals surface area contributed by atoms with Crippen LogP contribution in [0.25, 0.3) is 5.57 Å². The number of pyridine rings is 1. The van der Waals surface area contributed by atoms with E-state index in [1.54, 1.807) is 12.4 Å². The molecular formula is C50H66N4O2. The summed E-state index contributed by atoms with van der Waals surface area (Å²) in [6, 6.07) is 24.6. The van der Waals surface area contributed by atoms with Gasteiger partial charge in [0, 0.05) is 48.0 Å². The molecule has 1 aromatic heterocycles. The van der Waals surface area contributed by atoms with Crippen LogP contribution < -0.4 is 10.0 Å². The van der Waals surface area contributed by atoms with Crippen molar-refractivity contribution >= 4 is 40.3 Å². The number of rotatable bonds is 26. The van der Waals surface area contributed by atoms with Crippen LogP contribution in [0, 0.1) is 0 Å². The summed E-state index contributed by atoms with van der Waals surface area (Å²) in [4.78, 5) is 25.1. The van der Waals surface area contributed by atoms with Gasteiger partial charge in [0.25, 0.3) is 0 Å². The molecule has 0 amide bonds. The lowest BCUT2D eigenvalue weighted by molar-refractivity contribution is -0.438. The van der Waals surface area contributed by atoms with Crippen molar-refractivity contribution in [3.05, 3.63) is 114 Å². The zero-order valence-corrected chi connectivity index (χ0v) is 34.4. The number of aliphatic imine (C=N–C) groups is 1. The fourth-order valence-electron chi connectivity index (χ4n) is 7.79. The van der Waals surface area contributed by atoms with Crippen LogP contribution in [0.4, 0.5) is 17.1 Å². The second-order valence-corrected chi connectivity index (χ2v) is 15.5. The van der Waals surface area contributed by atoms with E-state index in [1.807, 2.05) is 36.4 Å². The number of Topliss-reactive ketones (excluding diaryl/α,β-unsaturated/α-hetero) is 1. The quantitative estimate of drug-likeness (QED) is 0.0465. The first-order valence-electron chi connectivity index (χ1n) is 22.0. The van der Waals surface area contributed by atoms with Crippen molar-refractivity contribution in [1.29, 1.82) is 0 Å². The summed E-state index contributed by atoms with van der Waals surface area (Å²) in [5.74, 6) is -0.572. The van der Waals surface area contributed by atoms with E-state index in [2.05, 4.69) is 81.8 Å². The number of anilines is 2. The van der Waals surface area contributed by atoms with Crippen molar-refractivity contribution in [1.82, 2.24) is 4.98 Å². The lowest BCUT2D eigenvalue weighted by Gasteiger charge is -2.31. The van der Waals surface area contributed by atoms with Gasteiger partial charge in [-0.15, -0.1) is 0 Å². The van der Waals surface area contributed by atoms with Gasteiger partial charge < -0.3 is 10.0 Å². The Morgan fingerprint density at radius 2 is 1.14 bits per heavy atom. The van der Waals surface area contributed by atoms with Gasteiger partial charge in [-0.05, 0) is 43.2 Å². The summed E-state index contributed by atoms with van der Waals surface area (Å²) >= 11 is 0. The van der Waals surface area contributed by atoms with Crippen molar-refractivity contribution in [3.8, 4) is 0 Å². The van der Waals surface area contributed by atoms with E-state index in [-0.39, 0.29) is 22.7 Å². The number of dihydropyridines is 1. The molecule has 298 valence electrons. The summed E-state index contributed by atoms with van der Waals surface area (Å²) in [7, 11) is 0. The van der Waals surface area contributed by atoms with Crippen LogP contribution >= 0.6 is 0 Å². The molecule has 0 unspecified atom stereocenters. The topological polar surface area (TPSA) is 71.6 Å². The zero-order chi connectivity index (χ0) is 39.2. The van der Waals surface area contributed by atoms with E-state index < -0.39 is 0 Å². The molecule has 1 aliphatic carbocycles. The fourth-order valence-corrected chi connectivity index (χ4v) is 7.79. The van der Waals surface area contributed by atoms with Gasteiger partial charge in [0.1, 0.15) is 6.54 Å². The average Bonchev–Trinajstić information content (AvgIpc) is 3.23. The van der Waals surface area contributed by atoms with Crippen LogP contribution in [0.5, 0.6) is 0 Å². The second-order valence-electron chi connectivity index (χ2n) is 15.5. The first-order valence-corrected chi connectivity index (χ1v) is 22.0. The molecule has 0 bridgehead atoms. The minimum atomic E-state index is -0.286. The lowest BCUT2D eigenvalue weighted by atomic mass is 9.84. The monoisotopic (exact) mass is 755 g/mol. The van der Waals surface area contributed by atoms with E-state index in [0.717, 1.165) is 48.7 Å². The number of nitrogens with zero attached hydrogens (tertiary/aromatic N) is 4. The Labute approximate surface area is 337 Å². The molecule has 1 aliphatic heterocycles. The average molecular weight is 755 g/mol. The number of aromatic nitrogens is 1. The number of carbonyl (C=O) groups excluding carboxylic acids is 1. The lowest BCUT2D eigenvalue weighted by Crippen LogP contribution is -2.31. The molecule has 0 saturated carbocycles. The Morgan fingerprint density at radius 3 is 1.66 bits per heavy atom. The summed E-state index contributed by atoms with van der Waals surface area (Å²) < 4.78 is 2.29. The minimum Gasteiger partial charge on any atom is -0.871 e. The molecule has 0 fully saturated rings. The van der Waals surface area contributed by atoms with Gasteiger partial charge >= 0.3 is 0 Å². The second kappa shape index (κ2) is 24.1. The highest BCUT2D eigenvalue weighted by atomic mass is 16.3. The molecule has 56 heavy (non-hydrogen) atoms. The highest BCUT2D eigenvalue weighted by Gasteiger charge is 2.32. The number of hydrogen-bond donors (Lipinski definition) is 0. The van der Waals surface area contributed by atoms with Crippen molar-refractivity contribution in [3.63, 3.8) is 0 Å². The Kier molecular flexibility index (Phi) is 18.3. The van der Waals surface area contributed by atoms with Gasteiger partial charge in [-0.3, -0.25) is 9.78 Å². The molecule has 0 atom stereocenters. The zero-order valence-electron chi connectivity index (χ0n) is 34.4. The molecule has 6 heteroatoms. The van der Waals surface area contributed by atoms with Gasteiger partial charge in [0.15, 0.2) is 5.78 Å². The van der Waals surface area contributed by atoms with Crippen molar-refractivity contribution in [2.75, 3.05) is 18.0 Å². The third-order valence-corrected chi connectivity index (χ3v) is 11.1. The van der Waals surface area contributed by atoms with Crippen molar-refractivity contribution < 1.29 is 14.5 Å². The van der Waals surface area contributed by atoms with Crippen LogP contribution in [-0.4, -0.2) is 40.4 Å². The SMILES string of the molecule is CCCCCCCCCCCCN(c1ccccc1)c1ccc(C2=C([O-])/C(=C3/C=CC(=[N+](CCCCCCCCCCCC)c4ccccc4)C=N3)C2=O)nc1. The molecule has 3 aromatic rings. The molecule has 0 spiro atoms. The van der Waals surface area contributed by atoms with Gasteiger partial charge in [-0.25, -0.2) is 4.99 Å². The first kappa shape index (κ1) is 42.6. The van der Waals surface area contributed by atoms with Crippen LogP contribution in [0.2, 0.25) is 0 Å². The third-order valence-electron chi connectivity index (χ3n) is 11.1. The Balaban J connectivity index is 1.19. The predicted molar refractivity (Wildman–Crippen MR) is 234 cm³/mol. The summed E-state index contributed by atoms with van der Waals surface area (Å²) in [5, 5.41) is 13.5. The Morgan fingerprint density at radius 1 is 0.589 bits per heavy atom. The maximum Gasteiger partial charge on any atom is 0.224 e. The van der Waals surface area contributed by atoms with E-state index in [1.165, 1.54) is 116 Å². The smallest absolute Gasteiger partial charge is 0.224 e. The molecule has 0 radical (unpaired) electrons. The molecule has 2 aromatic carbocycles. The molecule has 0 N–H and O–H groups in total. The van der Waals surface area contributed by atoms with Gasteiger partial charge in [-0.2, -0.15) is 4.58 Å². The number of para-hydroxylation sites is 2. The van der Waals surface area contributed by atoms with Crippen LogP contribution in [0.15, 0.2) is 113 Å². The van der Waals surface area contributed by atoms with Crippen LogP contribution in [-0.2, 0) is 4.79 Å². The van der Waals surface area contributed by atoms with Crippen LogP contribution in [0.1, 0.15) is 148 Å². The van der Waals surface area contributed by atoms with Gasteiger partial charge in [0.05, 0.1) is 29.5 Å². The third kappa shape index (κ3) is 12.7. The number of benzene rings is 2. The van der Waals surface area contributed by atoms with E-state index in [4.69, 9.17) is 0 Å². The molecule has 6 nitrogen and oxygen atoms in total. The normalized spacial score (nSPS) is 16.1. The molecular weight excluding hydrogens is 689 g/mol.